The predicted molar refractivity (Wildman–Crippen MR) is 73.8 cm³/mol. The Hall–Kier alpha value is -1.84. The van der Waals surface area contributed by atoms with Crippen molar-refractivity contribution in [2.45, 2.75) is 31.2 Å². The van der Waals surface area contributed by atoms with Crippen LogP contribution in [0.15, 0.2) is 36.7 Å². The maximum Gasteiger partial charge on any atom is 0.123 e. The van der Waals surface area contributed by atoms with Crippen molar-refractivity contribution in [3.63, 3.8) is 0 Å². The molecule has 100 valence electrons. The number of hydrogen-bond acceptors (Lipinski definition) is 2. The molecule has 1 aliphatic rings. The van der Waals surface area contributed by atoms with E-state index >= 15 is 0 Å². The van der Waals surface area contributed by atoms with Gasteiger partial charge in [0.15, 0.2) is 0 Å². The van der Waals surface area contributed by atoms with Crippen LogP contribution < -0.4 is 5.32 Å². The number of rotatable bonds is 3. The summed E-state index contributed by atoms with van der Waals surface area (Å²) in [6.07, 6.45) is 7.26. The summed E-state index contributed by atoms with van der Waals surface area (Å²) in [5, 5.41) is 7.50. The molecule has 2 unspecified atom stereocenters. The fourth-order valence-corrected chi connectivity index (χ4v) is 2.90. The molecule has 0 radical (unpaired) electrons. The summed E-state index contributed by atoms with van der Waals surface area (Å²) in [5.41, 5.74) is 2.29. The molecular weight excluding hydrogens is 241 g/mol. The molecule has 2 atom stereocenters. The lowest BCUT2D eigenvalue weighted by Gasteiger charge is -2.12. The molecule has 4 heteroatoms. The average Bonchev–Trinajstić information content (AvgIpc) is 3.08. The summed E-state index contributed by atoms with van der Waals surface area (Å²) in [6.45, 7) is 0. The zero-order valence-corrected chi connectivity index (χ0v) is 11.0. The standard InChI is InChI=1S/C15H18FN3/c1-17-14-9-18-19(10-14)15-7-4-12(8-15)11-2-5-13(16)6-3-11/h2-3,5-6,9-10,12,15,17H,4,7-8H2,1H3. The van der Waals surface area contributed by atoms with Crippen molar-refractivity contribution < 1.29 is 4.39 Å². The van der Waals surface area contributed by atoms with Crippen molar-refractivity contribution in [3.8, 4) is 0 Å². The lowest BCUT2D eigenvalue weighted by atomic mass is 9.97. The van der Waals surface area contributed by atoms with Gasteiger partial charge in [0, 0.05) is 13.2 Å². The van der Waals surface area contributed by atoms with Crippen LogP contribution in [-0.4, -0.2) is 16.8 Å². The van der Waals surface area contributed by atoms with Gasteiger partial charge in [0.25, 0.3) is 0 Å². The maximum absolute atomic E-state index is 12.9. The molecule has 0 amide bonds. The highest BCUT2D eigenvalue weighted by Crippen LogP contribution is 2.40. The van der Waals surface area contributed by atoms with Gasteiger partial charge in [-0.25, -0.2) is 4.39 Å². The van der Waals surface area contributed by atoms with Gasteiger partial charge in [-0.1, -0.05) is 12.1 Å². The maximum atomic E-state index is 12.9. The quantitative estimate of drug-likeness (QED) is 0.913. The van der Waals surface area contributed by atoms with E-state index in [-0.39, 0.29) is 5.82 Å². The number of anilines is 1. The van der Waals surface area contributed by atoms with Gasteiger partial charge in [-0.05, 0) is 42.9 Å². The van der Waals surface area contributed by atoms with Crippen LogP contribution in [0, 0.1) is 5.82 Å². The summed E-state index contributed by atoms with van der Waals surface area (Å²) in [7, 11) is 1.90. The first kappa shape index (κ1) is 12.2. The summed E-state index contributed by atoms with van der Waals surface area (Å²) < 4.78 is 15.0. The molecule has 0 spiro atoms. The molecule has 1 aromatic carbocycles. The van der Waals surface area contributed by atoms with Crippen molar-refractivity contribution >= 4 is 5.69 Å². The molecule has 19 heavy (non-hydrogen) atoms. The third-order valence-corrected chi connectivity index (χ3v) is 4.01. The van der Waals surface area contributed by atoms with E-state index < -0.39 is 0 Å². The molecule has 1 saturated carbocycles. The van der Waals surface area contributed by atoms with Crippen LogP contribution in [0.1, 0.15) is 36.8 Å². The number of hydrogen-bond donors (Lipinski definition) is 1. The molecule has 1 fully saturated rings. The minimum atomic E-state index is -0.163. The zero-order chi connectivity index (χ0) is 13.2. The minimum absolute atomic E-state index is 0.163. The molecule has 0 saturated heterocycles. The van der Waals surface area contributed by atoms with Gasteiger partial charge >= 0.3 is 0 Å². The Labute approximate surface area is 112 Å². The van der Waals surface area contributed by atoms with Gasteiger partial charge in [0.2, 0.25) is 0 Å². The lowest BCUT2D eigenvalue weighted by molar-refractivity contribution is 0.461. The largest absolute Gasteiger partial charge is 0.386 e. The Morgan fingerprint density at radius 2 is 2.05 bits per heavy atom. The Kier molecular flexibility index (Phi) is 3.23. The Morgan fingerprint density at radius 1 is 1.26 bits per heavy atom. The molecule has 3 rings (SSSR count). The number of benzene rings is 1. The summed E-state index contributed by atoms with van der Waals surface area (Å²) in [6, 6.07) is 7.37. The van der Waals surface area contributed by atoms with Crippen LogP contribution >= 0.6 is 0 Å². The van der Waals surface area contributed by atoms with Crippen LogP contribution in [0.4, 0.5) is 10.1 Å². The fourth-order valence-electron chi connectivity index (χ4n) is 2.90. The number of aromatic nitrogens is 2. The smallest absolute Gasteiger partial charge is 0.123 e. The number of nitrogens with zero attached hydrogens (tertiary/aromatic N) is 2. The average molecular weight is 259 g/mol. The highest BCUT2D eigenvalue weighted by atomic mass is 19.1. The highest BCUT2D eigenvalue weighted by molar-refractivity contribution is 5.37. The predicted octanol–water partition coefficient (Wildman–Crippen LogP) is 3.57. The monoisotopic (exact) mass is 259 g/mol. The SMILES string of the molecule is CNc1cnn(C2CCC(c3ccc(F)cc3)C2)c1. The van der Waals surface area contributed by atoms with E-state index in [0.29, 0.717) is 12.0 Å². The summed E-state index contributed by atoms with van der Waals surface area (Å²) in [4.78, 5) is 0. The van der Waals surface area contributed by atoms with Gasteiger partial charge in [-0.2, -0.15) is 5.10 Å². The van der Waals surface area contributed by atoms with Crippen molar-refractivity contribution in [2.24, 2.45) is 0 Å². The minimum Gasteiger partial charge on any atom is -0.386 e. The number of nitrogens with one attached hydrogen (secondary N) is 1. The molecular formula is C15H18FN3. The molecule has 3 nitrogen and oxygen atoms in total. The Morgan fingerprint density at radius 3 is 2.74 bits per heavy atom. The molecule has 1 aliphatic carbocycles. The van der Waals surface area contributed by atoms with Gasteiger partial charge in [-0.3, -0.25) is 4.68 Å². The van der Waals surface area contributed by atoms with E-state index in [1.165, 1.54) is 5.56 Å². The van der Waals surface area contributed by atoms with Crippen LogP contribution in [0.2, 0.25) is 0 Å². The molecule has 0 bridgehead atoms. The van der Waals surface area contributed by atoms with E-state index in [1.807, 2.05) is 25.4 Å². The van der Waals surface area contributed by atoms with E-state index in [2.05, 4.69) is 21.3 Å². The van der Waals surface area contributed by atoms with Crippen LogP contribution in [0.3, 0.4) is 0 Å². The number of halogens is 1. The second-order valence-corrected chi connectivity index (χ2v) is 5.17. The van der Waals surface area contributed by atoms with Gasteiger partial charge in [0.05, 0.1) is 17.9 Å². The third-order valence-electron chi connectivity index (χ3n) is 4.01. The van der Waals surface area contributed by atoms with E-state index in [9.17, 15) is 4.39 Å². The van der Waals surface area contributed by atoms with Crippen molar-refractivity contribution in [1.82, 2.24) is 9.78 Å². The van der Waals surface area contributed by atoms with Crippen LogP contribution in [0.5, 0.6) is 0 Å². The molecule has 1 N–H and O–H groups in total. The van der Waals surface area contributed by atoms with E-state index in [1.54, 1.807) is 12.1 Å². The molecule has 1 aromatic heterocycles. The van der Waals surface area contributed by atoms with Crippen LogP contribution in [-0.2, 0) is 0 Å². The Bertz CT molecular complexity index is 547. The van der Waals surface area contributed by atoms with E-state index in [4.69, 9.17) is 0 Å². The second kappa shape index (κ2) is 5.03. The van der Waals surface area contributed by atoms with Gasteiger partial charge in [0.1, 0.15) is 5.82 Å². The first-order valence-corrected chi connectivity index (χ1v) is 6.73. The topological polar surface area (TPSA) is 29.9 Å². The van der Waals surface area contributed by atoms with Gasteiger partial charge in [-0.15, -0.1) is 0 Å². The van der Waals surface area contributed by atoms with Gasteiger partial charge < -0.3 is 5.32 Å². The first-order chi connectivity index (χ1) is 9.26. The third kappa shape index (κ3) is 2.48. The van der Waals surface area contributed by atoms with Crippen molar-refractivity contribution in [2.75, 3.05) is 12.4 Å². The van der Waals surface area contributed by atoms with Crippen LogP contribution in [0.25, 0.3) is 0 Å². The second-order valence-electron chi connectivity index (χ2n) is 5.17. The van der Waals surface area contributed by atoms with Crippen molar-refractivity contribution in [1.29, 1.82) is 0 Å². The van der Waals surface area contributed by atoms with Crippen molar-refractivity contribution in [3.05, 3.63) is 48.0 Å². The zero-order valence-electron chi connectivity index (χ0n) is 11.0. The summed E-state index contributed by atoms with van der Waals surface area (Å²) in [5.74, 6) is 0.358. The lowest BCUT2D eigenvalue weighted by Crippen LogP contribution is -2.05. The molecule has 2 aromatic rings. The molecule has 0 aliphatic heterocycles. The normalized spacial score (nSPS) is 22.6. The van der Waals surface area contributed by atoms with E-state index in [0.717, 1.165) is 24.9 Å². The summed E-state index contributed by atoms with van der Waals surface area (Å²) >= 11 is 0. The fraction of sp³-hybridized carbons (Fsp3) is 0.400. The first-order valence-electron chi connectivity index (χ1n) is 6.73. The Balaban J connectivity index is 1.71. The highest BCUT2D eigenvalue weighted by Gasteiger charge is 2.27. The molecule has 1 heterocycles.